The molecule has 0 saturated carbocycles. The van der Waals surface area contributed by atoms with E-state index in [-0.39, 0.29) is 18.8 Å². The molecule has 0 bridgehead atoms. The Morgan fingerprint density at radius 1 is 1.21 bits per heavy atom. The van der Waals surface area contributed by atoms with Crippen LogP contribution in [-0.4, -0.2) is 27.2 Å². The average molecular weight is 413 g/mol. The summed E-state index contributed by atoms with van der Waals surface area (Å²) in [5.74, 6) is 0.0530. The summed E-state index contributed by atoms with van der Waals surface area (Å²) >= 11 is 2.85. The van der Waals surface area contributed by atoms with Crippen LogP contribution in [0.25, 0.3) is 14.8 Å². The first-order chi connectivity index (χ1) is 13.6. The van der Waals surface area contributed by atoms with Crippen molar-refractivity contribution in [2.24, 2.45) is 0 Å². The van der Waals surface area contributed by atoms with Crippen LogP contribution in [0.15, 0.2) is 52.6 Å². The summed E-state index contributed by atoms with van der Waals surface area (Å²) in [6, 6.07) is 12.5. The number of benzene rings is 1. The summed E-state index contributed by atoms with van der Waals surface area (Å²) in [5, 5.41) is 6.97. The first-order valence-corrected chi connectivity index (χ1v) is 10.1. The Balaban J connectivity index is 1.41. The second-order valence-corrected chi connectivity index (χ2v) is 7.83. The molecule has 0 saturated heterocycles. The van der Waals surface area contributed by atoms with Gasteiger partial charge in [-0.1, -0.05) is 35.1 Å². The zero-order valence-electron chi connectivity index (χ0n) is 14.8. The molecule has 0 atom stereocenters. The molecule has 7 nitrogen and oxygen atoms in total. The van der Waals surface area contributed by atoms with Gasteiger partial charge in [-0.2, -0.15) is 9.61 Å². The number of nitrogens with zero attached hydrogens (tertiary/aromatic N) is 3. The molecule has 9 heteroatoms. The molecule has 4 aromatic rings. The minimum Gasteiger partial charge on any atom is -0.482 e. The maximum absolute atomic E-state index is 12.3. The standard InChI is InChI=1S/C19H15N3O4S2/c1-12-4-6-14(7-5-12)25-11-17(24)26-10-13-9-16(23)22-19(20-13)28-18(21-22)15-3-2-8-27-15/h2-9H,10-11H2,1H3. The minimum atomic E-state index is -0.536. The summed E-state index contributed by atoms with van der Waals surface area (Å²) in [6.07, 6.45) is 0. The first-order valence-electron chi connectivity index (χ1n) is 8.37. The predicted octanol–water partition coefficient (Wildman–Crippen LogP) is 3.31. The molecule has 3 heterocycles. The topological polar surface area (TPSA) is 82.8 Å². The molecule has 142 valence electrons. The molecule has 0 aliphatic carbocycles. The van der Waals surface area contributed by atoms with Gasteiger partial charge in [0.25, 0.3) is 5.56 Å². The van der Waals surface area contributed by atoms with Gasteiger partial charge in [-0.15, -0.1) is 11.3 Å². The highest BCUT2D eigenvalue weighted by molar-refractivity contribution is 7.23. The number of aromatic nitrogens is 3. The Morgan fingerprint density at radius 3 is 2.79 bits per heavy atom. The number of fused-ring (bicyclic) bond motifs is 1. The lowest BCUT2D eigenvalue weighted by Crippen LogP contribution is -2.18. The fourth-order valence-electron chi connectivity index (χ4n) is 2.40. The Kier molecular flexibility index (Phi) is 5.18. The highest BCUT2D eigenvalue weighted by atomic mass is 32.1. The van der Waals surface area contributed by atoms with Gasteiger partial charge in [0, 0.05) is 6.07 Å². The number of aryl methyl sites for hydroxylation is 1. The van der Waals surface area contributed by atoms with E-state index in [1.165, 1.54) is 21.9 Å². The second-order valence-electron chi connectivity index (χ2n) is 5.93. The molecule has 0 unspecified atom stereocenters. The fraction of sp³-hybridized carbons (Fsp3) is 0.158. The SMILES string of the molecule is Cc1ccc(OCC(=O)OCc2cc(=O)n3nc(-c4cccs4)sc3n2)cc1. The molecular formula is C19H15N3O4S2. The van der Waals surface area contributed by atoms with Gasteiger partial charge in [0.1, 0.15) is 12.4 Å². The molecule has 0 spiro atoms. The number of esters is 1. The van der Waals surface area contributed by atoms with Gasteiger partial charge < -0.3 is 9.47 Å². The van der Waals surface area contributed by atoms with Gasteiger partial charge in [-0.05, 0) is 30.5 Å². The minimum absolute atomic E-state index is 0.103. The monoisotopic (exact) mass is 413 g/mol. The van der Waals surface area contributed by atoms with Crippen LogP contribution in [-0.2, 0) is 16.1 Å². The van der Waals surface area contributed by atoms with Crippen LogP contribution < -0.4 is 10.3 Å². The van der Waals surface area contributed by atoms with E-state index in [9.17, 15) is 9.59 Å². The largest absolute Gasteiger partial charge is 0.482 e. The zero-order chi connectivity index (χ0) is 19.5. The smallest absolute Gasteiger partial charge is 0.344 e. The summed E-state index contributed by atoms with van der Waals surface area (Å²) in [5.41, 5.74) is 1.16. The van der Waals surface area contributed by atoms with Crippen LogP contribution in [0.4, 0.5) is 0 Å². The summed E-state index contributed by atoms with van der Waals surface area (Å²) in [6.45, 7) is 1.65. The lowest BCUT2D eigenvalue weighted by molar-refractivity contribution is -0.147. The van der Waals surface area contributed by atoms with Crippen molar-refractivity contribution in [3.63, 3.8) is 0 Å². The number of ether oxygens (including phenoxy) is 2. The fourth-order valence-corrected chi connectivity index (χ4v) is 4.12. The third-order valence-electron chi connectivity index (χ3n) is 3.79. The average Bonchev–Trinajstić information content (AvgIpc) is 3.35. The summed E-state index contributed by atoms with van der Waals surface area (Å²) in [4.78, 5) is 30.0. The second kappa shape index (κ2) is 7.91. The lowest BCUT2D eigenvalue weighted by atomic mass is 10.2. The lowest BCUT2D eigenvalue weighted by Gasteiger charge is -2.07. The molecule has 28 heavy (non-hydrogen) atoms. The van der Waals surface area contributed by atoms with Crippen molar-refractivity contribution in [2.75, 3.05) is 6.61 Å². The van der Waals surface area contributed by atoms with E-state index in [0.29, 0.717) is 16.4 Å². The van der Waals surface area contributed by atoms with Gasteiger partial charge in [0.15, 0.2) is 11.6 Å². The van der Waals surface area contributed by atoms with Crippen molar-refractivity contribution in [3.8, 4) is 15.6 Å². The summed E-state index contributed by atoms with van der Waals surface area (Å²) in [7, 11) is 0. The third kappa shape index (κ3) is 4.10. The van der Waals surface area contributed by atoms with Crippen LogP contribution in [0.1, 0.15) is 11.3 Å². The maximum Gasteiger partial charge on any atom is 0.344 e. The number of hydrogen-bond acceptors (Lipinski definition) is 8. The van der Waals surface area contributed by atoms with Crippen LogP contribution in [0.3, 0.4) is 0 Å². The number of hydrogen-bond donors (Lipinski definition) is 0. The van der Waals surface area contributed by atoms with Crippen LogP contribution in [0.5, 0.6) is 5.75 Å². The highest BCUT2D eigenvalue weighted by Gasteiger charge is 2.12. The van der Waals surface area contributed by atoms with Crippen LogP contribution >= 0.6 is 22.7 Å². The van der Waals surface area contributed by atoms with E-state index in [0.717, 1.165) is 15.4 Å². The molecule has 0 radical (unpaired) electrons. The van der Waals surface area contributed by atoms with E-state index in [2.05, 4.69) is 10.1 Å². The molecule has 0 fully saturated rings. The van der Waals surface area contributed by atoms with E-state index in [4.69, 9.17) is 9.47 Å². The number of rotatable bonds is 6. The zero-order valence-corrected chi connectivity index (χ0v) is 16.5. The summed E-state index contributed by atoms with van der Waals surface area (Å²) < 4.78 is 11.8. The van der Waals surface area contributed by atoms with Crippen molar-refractivity contribution in [2.45, 2.75) is 13.5 Å². The number of carbonyl (C=O) groups excluding carboxylic acids is 1. The van der Waals surface area contributed by atoms with Crippen molar-refractivity contribution < 1.29 is 14.3 Å². The molecule has 0 N–H and O–H groups in total. The maximum atomic E-state index is 12.3. The Hall–Kier alpha value is -3.04. The molecular weight excluding hydrogens is 398 g/mol. The van der Waals surface area contributed by atoms with Crippen LogP contribution in [0.2, 0.25) is 0 Å². The van der Waals surface area contributed by atoms with Crippen molar-refractivity contribution >= 4 is 33.6 Å². The molecule has 1 aromatic carbocycles. The van der Waals surface area contributed by atoms with Gasteiger partial charge in [-0.3, -0.25) is 4.79 Å². The highest BCUT2D eigenvalue weighted by Crippen LogP contribution is 2.28. The molecule has 0 aliphatic heterocycles. The van der Waals surface area contributed by atoms with Crippen LogP contribution in [0, 0.1) is 6.92 Å². The van der Waals surface area contributed by atoms with Gasteiger partial charge in [0.05, 0.1) is 10.6 Å². The predicted molar refractivity (Wildman–Crippen MR) is 107 cm³/mol. The van der Waals surface area contributed by atoms with E-state index in [1.807, 2.05) is 36.6 Å². The molecule has 0 amide bonds. The first kappa shape index (κ1) is 18.3. The number of carbonyl (C=O) groups is 1. The molecule has 0 aliphatic rings. The molecule has 4 rings (SSSR count). The van der Waals surface area contributed by atoms with E-state index < -0.39 is 5.97 Å². The van der Waals surface area contributed by atoms with Gasteiger partial charge in [0.2, 0.25) is 4.96 Å². The van der Waals surface area contributed by atoms with E-state index in [1.54, 1.807) is 23.5 Å². The quantitative estimate of drug-likeness (QED) is 0.451. The van der Waals surface area contributed by atoms with Crippen molar-refractivity contribution in [1.29, 1.82) is 0 Å². The van der Waals surface area contributed by atoms with Gasteiger partial charge >= 0.3 is 5.97 Å². The van der Waals surface area contributed by atoms with Crippen molar-refractivity contribution in [3.05, 3.63) is 69.5 Å². The normalized spacial score (nSPS) is 10.9. The molecule has 3 aromatic heterocycles. The van der Waals surface area contributed by atoms with E-state index >= 15 is 0 Å². The van der Waals surface area contributed by atoms with Gasteiger partial charge in [-0.25, -0.2) is 9.78 Å². The Morgan fingerprint density at radius 2 is 2.04 bits per heavy atom. The Labute approximate surface area is 167 Å². The van der Waals surface area contributed by atoms with Crippen molar-refractivity contribution in [1.82, 2.24) is 14.6 Å². The Bertz CT molecular complexity index is 1160. The number of thiophene rings is 1. The third-order valence-corrected chi connectivity index (χ3v) is 5.74.